The highest BCUT2D eigenvalue weighted by Gasteiger charge is 2.21. The predicted molar refractivity (Wildman–Crippen MR) is 88.2 cm³/mol. The fourth-order valence-corrected chi connectivity index (χ4v) is 3.14. The van der Waals surface area contributed by atoms with Gasteiger partial charge in [0.25, 0.3) is 11.6 Å². The van der Waals surface area contributed by atoms with Gasteiger partial charge in [-0.05, 0) is 18.4 Å². The number of rotatable bonds is 6. The Morgan fingerprint density at radius 3 is 2.42 bits per heavy atom. The first-order valence-corrected chi connectivity index (χ1v) is 8.16. The normalized spacial score (nSPS) is 15.0. The fraction of sp³-hybridized carbons (Fsp3) is 0.529. The molecule has 7 nitrogen and oxygen atoms in total. The number of carboxylic acid groups (broad SMARTS) is 1. The van der Waals surface area contributed by atoms with Crippen molar-refractivity contribution in [3.63, 3.8) is 0 Å². The van der Waals surface area contributed by atoms with Crippen molar-refractivity contribution in [2.24, 2.45) is 5.92 Å². The van der Waals surface area contributed by atoms with Crippen LogP contribution in [0.25, 0.3) is 0 Å². The number of carboxylic acids is 1. The van der Waals surface area contributed by atoms with E-state index in [2.05, 4.69) is 0 Å². The minimum Gasteiger partial charge on any atom is -0.478 e. The van der Waals surface area contributed by atoms with Gasteiger partial charge in [-0.3, -0.25) is 14.9 Å². The Hall–Kier alpha value is -2.44. The molecule has 0 heterocycles. The maximum Gasteiger partial charge on any atom is 0.335 e. The zero-order valence-corrected chi connectivity index (χ0v) is 13.7. The predicted octanol–water partition coefficient (Wildman–Crippen LogP) is 3.34. The molecule has 0 spiro atoms. The smallest absolute Gasteiger partial charge is 0.335 e. The summed E-state index contributed by atoms with van der Waals surface area (Å²) < 4.78 is 0. The van der Waals surface area contributed by atoms with Gasteiger partial charge in [-0.1, -0.05) is 32.1 Å². The molecule has 1 N–H and O–H groups in total. The highest BCUT2D eigenvalue weighted by molar-refractivity contribution is 5.98. The molecule has 1 aliphatic rings. The zero-order valence-electron chi connectivity index (χ0n) is 13.7. The number of nitro groups is 1. The van der Waals surface area contributed by atoms with Gasteiger partial charge >= 0.3 is 5.97 Å². The van der Waals surface area contributed by atoms with E-state index in [4.69, 9.17) is 5.11 Å². The second-order valence-electron chi connectivity index (χ2n) is 6.35. The number of amides is 1. The molecule has 24 heavy (non-hydrogen) atoms. The quantitative estimate of drug-likeness (QED) is 0.635. The summed E-state index contributed by atoms with van der Waals surface area (Å²) in [4.78, 5) is 35.3. The number of nitro benzene ring substituents is 1. The SMILES string of the molecule is CN(CCC1CCCCC1)C(=O)c1cc(C(=O)O)cc([N+](=O)[O-])c1. The Labute approximate surface area is 140 Å². The molecule has 0 bridgehead atoms. The molecule has 0 saturated heterocycles. The molecule has 0 atom stereocenters. The minimum absolute atomic E-state index is 0.0349. The molecule has 1 aromatic carbocycles. The Morgan fingerprint density at radius 2 is 1.83 bits per heavy atom. The number of nitrogens with zero attached hydrogens (tertiary/aromatic N) is 2. The maximum absolute atomic E-state index is 12.5. The van der Waals surface area contributed by atoms with Crippen molar-refractivity contribution in [2.75, 3.05) is 13.6 Å². The Balaban J connectivity index is 2.09. The first-order valence-electron chi connectivity index (χ1n) is 8.16. The van der Waals surface area contributed by atoms with Gasteiger partial charge in [-0.25, -0.2) is 4.79 Å². The fourth-order valence-electron chi connectivity index (χ4n) is 3.14. The Kier molecular flexibility index (Phi) is 5.89. The molecule has 1 fully saturated rings. The molecule has 1 aromatic rings. The van der Waals surface area contributed by atoms with Crippen molar-refractivity contribution in [2.45, 2.75) is 38.5 Å². The average molecular weight is 334 g/mol. The lowest BCUT2D eigenvalue weighted by molar-refractivity contribution is -0.384. The minimum atomic E-state index is -1.29. The van der Waals surface area contributed by atoms with E-state index >= 15 is 0 Å². The van der Waals surface area contributed by atoms with Crippen molar-refractivity contribution in [3.05, 3.63) is 39.4 Å². The van der Waals surface area contributed by atoms with Crippen LogP contribution in [0.4, 0.5) is 5.69 Å². The molecule has 0 aromatic heterocycles. The van der Waals surface area contributed by atoms with E-state index in [0.717, 1.165) is 18.6 Å². The van der Waals surface area contributed by atoms with Crippen LogP contribution in [0.2, 0.25) is 0 Å². The Bertz CT molecular complexity index is 606. The van der Waals surface area contributed by atoms with Crippen LogP contribution in [0.3, 0.4) is 0 Å². The van der Waals surface area contributed by atoms with Gasteiger partial charge < -0.3 is 10.0 Å². The van der Waals surface area contributed by atoms with E-state index < -0.39 is 16.8 Å². The number of benzene rings is 1. The van der Waals surface area contributed by atoms with Crippen molar-refractivity contribution in [3.8, 4) is 0 Å². The summed E-state index contributed by atoms with van der Waals surface area (Å²) in [6, 6.07) is 3.28. The van der Waals surface area contributed by atoms with Crippen molar-refractivity contribution >= 4 is 17.6 Å². The van der Waals surface area contributed by atoms with Crippen LogP contribution in [0, 0.1) is 16.0 Å². The molecule has 0 unspecified atom stereocenters. The van der Waals surface area contributed by atoms with Crippen LogP contribution in [0.15, 0.2) is 18.2 Å². The van der Waals surface area contributed by atoms with E-state index in [0.29, 0.717) is 12.5 Å². The lowest BCUT2D eigenvalue weighted by Gasteiger charge is -2.24. The summed E-state index contributed by atoms with van der Waals surface area (Å²) in [5.74, 6) is -1.07. The van der Waals surface area contributed by atoms with Crippen molar-refractivity contribution < 1.29 is 19.6 Å². The maximum atomic E-state index is 12.5. The lowest BCUT2D eigenvalue weighted by atomic mass is 9.87. The van der Waals surface area contributed by atoms with Crippen LogP contribution in [-0.2, 0) is 0 Å². The topological polar surface area (TPSA) is 101 Å². The zero-order chi connectivity index (χ0) is 17.7. The molecule has 1 aliphatic carbocycles. The standard InChI is InChI=1S/C17H22N2O5/c1-18(8-7-12-5-3-2-4-6-12)16(20)13-9-14(17(21)22)11-15(10-13)19(23)24/h9-12H,2-8H2,1H3,(H,21,22). The van der Waals surface area contributed by atoms with Crippen LogP contribution in [0.5, 0.6) is 0 Å². The summed E-state index contributed by atoms with van der Waals surface area (Å²) in [7, 11) is 1.64. The largest absolute Gasteiger partial charge is 0.478 e. The van der Waals surface area contributed by atoms with Crippen molar-refractivity contribution in [1.29, 1.82) is 0 Å². The molecule has 7 heteroatoms. The molecule has 130 valence electrons. The van der Waals surface area contributed by atoms with Crippen LogP contribution < -0.4 is 0 Å². The monoisotopic (exact) mass is 334 g/mol. The lowest BCUT2D eigenvalue weighted by Crippen LogP contribution is -2.29. The summed E-state index contributed by atoms with van der Waals surface area (Å²) in [6.45, 7) is 0.564. The first kappa shape index (κ1) is 17.9. The highest BCUT2D eigenvalue weighted by atomic mass is 16.6. The third-order valence-electron chi connectivity index (χ3n) is 4.57. The summed E-state index contributed by atoms with van der Waals surface area (Å²) >= 11 is 0. The molecule has 2 rings (SSSR count). The molecular formula is C17H22N2O5. The second-order valence-corrected chi connectivity index (χ2v) is 6.35. The molecule has 1 saturated carbocycles. The van der Waals surface area contributed by atoms with Crippen molar-refractivity contribution in [1.82, 2.24) is 4.90 Å². The van der Waals surface area contributed by atoms with Gasteiger partial charge in [0.2, 0.25) is 0 Å². The van der Waals surface area contributed by atoms with Gasteiger partial charge in [-0.2, -0.15) is 0 Å². The van der Waals surface area contributed by atoms with E-state index in [1.54, 1.807) is 7.05 Å². The first-order chi connectivity index (χ1) is 11.4. The number of aromatic carboxylic acids is 1. The number of non-ortho nitro benzene ring substituents is 1. The Morgan fingerprint density at radius 1 is 1.21 bits per heavy atom. The average Bonchev–Trinajstić information content (AvgIpc) is 2.59. The third kappa shape index (κ3) is 4.53. The van der Waals surface area contributed by atoms with Crippen LogP contribution in [0.1, 0.15) is 59.2 Å². The van der Waals surface area contributed by atoms with E-state index in [9.17, 15) is 19.7 Å². The van der Waals surface area contributed by atoms with Gasteiger partial charge in [0.1, 0.15) is 0 Å². The van der Waals surface area contributed by atoms with Crippen LogP contribution in [-0.4, -0.2) is 40.4 Å². The van der Waals surface area contributed by atoms with Gasteiger partial charge in [-0.15, -0.1) is 0 Å². The molecule has 1 amide bonds. The number of hydrogen-bond acceptors (Lipinski definition) is 4. The summed E-state index contributed by atoms with van der Waals surface area (Å²) in [6.07, 6.45) is 7.01. The van der Waals surface area contributed by atoms with E-state index in [-0.39, 0.29) is 16.8 Å². The van der Waals surface area contributed by atoms with Gasteiger partial charge in [0.15, 0.2) is 0 Å². The van der Waals surface area contributed by atoms with Gasteiger partial charge in [0, 0.05) is 31.3 Å². The molecule has 0 radical (unpaired) electrons. The summed E-state index contributed by atoms with van der Waals surface area (Å²) in [5, 5.41) is 20.0. The summed E-state index contributed by atoms with van der Waals surface area (Å²) in [5.41, 5.74) is -0.611. The van der Waals surface area contributed by atoms with E-state index in [1.807, 2.05) is 0 Å². The van der Waals surface area contributed by atoms with E-state index in [1.165, 1.54) is 43.1 Å². The van der Waals surface area contributed by atoms with Crippen LogP contribution >= 0.6 is 0 Å². The number of hydrogen-bond donors (Lipinski definition) is 1. The van der Waals surface area contributed by atoms with Gasteiger partial charge in [0.05, 0.1) is 10.5 Å². The third-order valence-corrected chi connectivity index (χ3v) is 4.57. The highest BCUT2D eigenvalue weighted by Crippen LogP contribution is 2.26. The number of carbonyl (C=O) groups is 2. The molecule has 0 aliphatic heterocycles. The second kappa shape index (κ2) is 7.90. The number of carbonyl (C=O) groups excluding carboxylic acids is 1. The molecular weight excluding hydrogens is 312 g/mol.